The molecule has 4 rings (SSSR count). The van der Waals surface area contributed by atoms with Crippen molar-refractivity contribution in [2.75, 3.05) is 0 Å². The number of halogens is 6. The highest BCUT2D eigenvalue weighted by molar-refractivity contribution is 5.27. The Balaban J connectivity index is 1.46. The SMILES string of the molecule is C[C@H](CCCC(O)(C(F)(F)F)C(F)(F)F)[C@H]1CC[C@H]2[C@@H]3CC=C4C[C@@H](O)C[C@H](O)[C@]4(C)[C@H]3CC[C@]12C. The zero-order valence-electron chi connectivity index (χ0n) is 21.3. The lowest BCUT2D eigenvalue weighted by Crippen LogP contribution is -2.56. The molecule has 0 bridgehead atoms. The van der Waals surface area contributed by atoms with Crippen LogP contribution in [0.15, 0.2) is 11.6 Å². The highest BCUT2D eigenvalue weighted by Gasteiger charge is 2.69. The first kappa shape index (κ1) is 28.2. The minimum Gasteiger partial charge on any atom is -0.393 e. The number of allylic oxidation sites excluding steroid dienone is 1. The van der Waals surface area contributed by atoms with Gasteiger partial charge >= 0.3 is 12.4 Å². The van der Waals surface area contributed by atoms with E-state index in [-0.39, 0.29) is 35.5 Å². The molecule has 3 N–H and O–H groups in total. The maximum Gasteiger partial charge on any atom is 0.426 e. The van der Waals surface area contributed by atoms with E-state index >= 15 is 0 Å². The zero-order valence-corrected chi connectivity index (χ0v) is 21.3. The first-order valence-corrected chi connectivity index (χ1v) is 13.4. The normalized spacial score (nSPS) is 42.3. The number of rotatable bonds is 5. The van der Waals surface area contributed by atoms with Crippen LogP contribution in [0, 0.1) is 40.4 Å². The predicted molar refractivity (Wildman–Crippen MR) is 123 cm³/mol. The van der Waals surface area contributed by atoms with Gasteiger partial charge in [0, 0.05) is 11.8 Å². The summed E-state index contributed by atoms with van der Waals surface area (Å²) in [6.07, 6.45) is -6.39. The first-order valence-electron chi connectivity index (χ1n) is 13.4. The van der Waals surface area contributed by atoms with Gasteiger partial charge in [0.15, 0.2) is 0 Å². The van der Waals surface area contributed by atoms with Crippen molar-refractivity contribution in [1.29, 1.82) is 0 Å². The summed E-state index contributed by atoms with van der Waals surface area (Å²) in [5.74, 6) is 1.22. The molecule has 4 aliphatic carbocycles. The van der Waals surface area contributed by atoms with Crippen LogP contribution in [0.5, 0.6) is 0 Å². The molecular weight excluding hydrogens is 486 g/mol. The zero-order chi connectivity index (χ0) is 26.9. The summed E-state index contributed by atoms with van der Waals surface area (Å²) in [5.41, 5.74) is -3.92. The van der Waals surface area contributed by atoms with Crippen LogP contribution in [0.3, 0.4) is 0 Å². The number of hydrogen-bond donors (Lipinski definition) is 3. The van der Waals surface area contributed by atoms with E-state index in [4.69, 9.17) is 0 Å². The van der Waals surface area contributed by atoms with Crippen molar-refractivity contribution in [3.63, 3.8) is 0 Å². The topological polar surface area (TPSA) is 60.7 Å². The standard InChI is InChI=1S/C27H40F6O3/c1-15(5-4-11-25(36,26(28,29)30)27(31,32)33)19-8-9-20-18-7-6-16-13-17(34)14-22(35)24(16,3)21(18)10-12-23(19,20)2/h6,15,17-22,34-36H,4-5,7-14H2,1-3H3/t15-,17-,18+,19-,20+,21+,22+,23-,24+/m1/s1. The minimum atomic E-state index is -5.76. The molecule has 9 heteroatoms. The maximum absolute atomic E-state index is 13.1. The Morgan fingerprint density at radius 2 is 1.64 bits per heavy atom. The van der Waals surface area contributed by atoms with Crippen molar-refractivity contribution in [2.45, 2.75) is 115 Å². The molecule has 3 saturated carbocycles. The first-order chi connectivity index (χ1) is 16.5. The van der Waals surface area contributed by atoms with E-state index < -0.39 is 36.6 Å². The van der Waals surface area contributed by atoms with Gasteiger partial charge in [0.05, 0.1) is 12.2 Å². The van der Waals surface area contributed by atoms with Crippen LogP contribution in [-0.4, -0.2) is 45.5 Å². The Morgan fingerprint density at radius 1 is 1.00 bits per heavy atom. The van der Waals surface area contributed by atoms with Crippen LogP contribution in [-0.2, 0) is 0 Å². The minimum absolute atomic E-state index is 0.0498. The largest absolute Gasteiger partial charge is 0.426 e. The summed E-state index contributed by atoms with van der Waals surface area (Å²) < 4.78 is 78.3. The van der Waals surface area contributed by atoms with E-state index in [9.17, 15) is 41.7 Å². The van der Waals surface area contributed by atoms with E-state index in [0.717, 1.165) is 37.7 Å². The van der Waals surface area contributed by atoms with Crippen molar-refractivity contribution in [2.24, 2.45) is 40.4 Å². The van der Waals surface area contributed by atoms with Crippen LogP contribution in [0.2, 0.25) is 0 Å². The summed E-state index contributed by atoms with van der Waals surface area (Å²) in [5, 5.41) is 30.7. The molecule has 3 fully saturated rings. The average molecular weight is 527 g/mol. The van der Waals surface area contributed by atoms with E-state index in [1.807, 2.05) is 6.92 Å². The van der Waals surface area contributed by atoms with E-state index in [1.165, 1.54) is 0 Å². The molecule has 3 nitrogen and oxygen atoms in total. The van der Waals surface area contributed by atoms with Gasteiger partial charge in [0.25, 0.3) is 5.60 Å². The van der Waals surface area contributed by atoms with E-state index in [0.29, 0.717) is 30.6 Å². The lowest BCUT2D eigenvalue weighted by Gasteiger charge is -2.59. The van der Waals surface area contributed by atoms with Crippen molar-refractivity contribution in [3.05, 3.63) is 11.6 Å². The van der Waals surface area contributed by atoms with E-state index in [2.05, 4.69) is 19.9 Å². The monoisotopic (exact) mass is 526 g/mol. The molecule has 0 aromatic rings. The lowest BCUT2D eigenvalue weighted by atomic mass is 9.46. The number of fused-ring (bicyclic) bond motifs is 5. The van der Waals surface area contributed by atoms with Crippen LogP contribution >= 0.6 is 0 Å². The molecule has 0 radical (unpaired) electrons. The molecule has 0 aliphatic heterocycles. The third-order valence-electron chi connectivity index (χ3n) is 11.1. The van der Waals surface area contributed by atoms with Crippen molar-refractivity contribution in [3.8, 4) is 0 Å². The van der Waals surface area contributed by atoms with Gasteiger partial charge in [-0.05, 0) is 86.4 Å². The quantitative estimate of drug-likeness (QED) is 0.281. The third kappa shape index (κ3) is 4.23. The highest BCUT2D eigenvalue weighted by atomic mass is 19.4. The Kier molecular flexibility index (Phi) is 7.17. The predicted octanol–water partition coefficient (Wildman–Crippen LogP) is 6.56. The maximum atomic E-state index is 13.1. The molecule has 0 amide bonds. The fourth-order valence-electron chi connectivity index (χ4n) is 9.00. The molecule has 0 saturated heterocycles. The molecule has 0 aromatic carbocycles. The Hall–Kier alpha value is -0.800. The van der Waals surface area contributed by atoms with Crippen molar-refractivity contribution >= 4 is 0 Å². The van der Waals surface area contributed by atoms with Gasteiger partial charge in [-0.1, -0.05) is 38.8 Å². The van der Waals surface area contributed by atoms with Crippen LogP contribution in [0.1, 0.15) is 85.0 Å². The van der Waals surface area contributed by atoms with Gasteiger partial charge in [0.2, 0.25) is 0 Å². The number of hydrogen-bond acceptors (Lipinski definition) is 3. The second-order valence-corrected chi connectivity index (χ2v) is 12.7. The van der Waals surface area contributed by atoms with Gasteiger partial charge in [-0.25, -0.2) is 0 Å². The Bertz CT molecular complexity index is 839. The summed E-state index contributed by atoms with van der Waals surface area (Å²) >= 11 is 0. The van der Waals surface area contributed by atoms with Crippen molar-refractivity contribution in [1.82, 2.24) is 0 Å². The van der Waals surface area contributed by atoms with Gasteiger partial charge in [-0.3, -0.25) is 0 Å². The fraction of sp³-hybridized carbons (Fsp3) is 0.926. The molecule has 0 spiro atoms. The van der Waals surface area contributed by atoms with Crippen LogP contribution in [0.4, 0.5) is 26.3 Å². The number of aliphatic hydroxyl groups is 3. The summed E-state index contributed by atoms with van der Waals surface area (Å²) in [4.78, 5) is 0. The van der Waals surface area contributed by atoms with Crippen molar-refractivity contribution < 1.29 is 41.7 Å². The van der Waals surface area contributed by atoms with E-state index in [1.54, 1.807) is 0 Å². The summed E-state index contributed by atoms with van der Waals surface area (Å²) in [6, 6.07) is 0. The van der Waals surface area contributed by atoms with Gasteiger partial charge in [0.1, 0.15) is 0 Å². The summed E-state index contributed by atoms with van der Waals surface area (Å²) in [7, 11) is 0. The fourth-order valence-corrected chi connectivity index (χ4v) is 9.00. The highest BCUT2D eigenvalue weighted by Crippen LogP contribution is 2.67. The number of aliphatic hydroxyl groups excluding tert-OH is 2. The van der Waals surface area contributed by atoms with Crippen LogP contribution in [0.25, 0.3) is 0 Å². The molecule has 0 aromatic heterocycles. The average Bonchev–Trinajstić information content (AvgIpc) is 3.10. The second kappa shape index (κ2) is 9.15. The third-order valence-corrected chi connectivity index (χ3v) is 11.1. The lowest BCUT2D eigenvalue weighted by molar-refractivity contribution is -0.370. The smallest absolute Gasteiger partial charge is 0.393 e. The Labute approximate surface area is 209 Å². The molecule has 0 heterocycles. The molecule has 4 aliphatic rings. The second-order valence-electron chi connectivity index (χ2n) is 12.7. The summed E-state index contributed by atoms with van der Waals surface area (Å²) in [6.45, 7) is 6.30. The molecule has 208 valence electrons. The molecule has 9 atom stereocenters. The molecular formula is C27H40F6O3. The molecule has 0 unspecified atom stereocenters. The van der Waals surface area contributed by atoms with Crippen LogP contribution < -0.4 is 0 Å². The molecule has 36 heavy (non-hydrogen) atoms. The van der Waals surface area contributed by atoms with Gasteiger partial charge < -0.3 is 15.3 Å². The number of alkyl halides is 6. The Morgan fingerprint density at radius 3 is 2.25 bits per heavy atom. The van der Waals surface area contributed by atoms with Gasteiger partial charge in [-0.15, -0.1) is 0 Å². The van der Waals surface area contributed by atoms with Gasteiger partial charge in [-0.2, -0.15) is 26.3 Å².